The van der Waals surface area contributed by atoms with Crippen LogP contribution in [0.5, 0.6) is 0 Å². The first-order valence-corrected chi connectivity index (χ1v) is 9.24. The Labute approximate surface area is 157 Å². The van der Waals surface area contributed by atoms with Crippen LogP contribution in [-0.2, 0) is 0 Å². The maximum atomic E-state index is 5.39. The van der Waals surface area contributed by atoms with Crippen LogP contribution in [0.4, 0.5) is 5.69 Å². The fourth-order valence-electron chi connectivity index (χ4n) is 2.31. The van der Waals surface area contributed by atoms with Crippen molar-refractivity contribution < 1.29 is 0 Å². The van der Waals surface area contributed by atoms with Gasteiger partial charge in [0.15, 0.2) is 5.11 Å². The van der Waals surface area contributed by atoms with Gasteiger partial charge in [-0.2, -0.15) is 0 Å². The fraction of sp³-hybridized carbons (Fsp3) is 0.100. The van der Waals surface area contributed by atoms with Gasteiger partial charge in [-0.25, -0.2) is 4.98 Å². The summed E-state index contributed by atoms with van der Waals surface area (Å²) in [5.74, 6) is 0. The van der Waals surface area contributed by atoms with Gasteiger partial charge in [0, 0.05) is 4.90 Å². The number of thiocarbonyl (C=S) groups is 1. The highest BCUT2D eigenvalue weighted by Gasteiger charge is 2.07. The monoisotopic (exact) mass is 365 g/mol. The van der Waals surface area contributed by atoms with Crippen molar-refractivity contribution >= 4 is 34.8 Å². The average Bonchev–Trinajstić information content (AvgIpc) is 2.65. The molecule has 0 aliphatic rings. The minimum atomic E-state index is 0.141. The Hall–Kier alpha value is -2.37. The van der Waals surface area contributed by atoms with Gasteiger partial charge < -0.3 is 10.6 Å². The number of nitrogens with zero attached hydrogens (tertiary/aromatic N) is 1. The molecule has 0 spiro atoms. The molecule has 1 atom stereocenters. The van der Waals surface area contributed by atoms with E-state index in [-0.39, 0.29) is 6.04 Å². The summed E-state index contributed by atoms with van der Waals surface area (Å²) in [6.45, 7) is 2.08. The number of hydrogen-bond acceptors (Lipinski definition) is 3. The Morgan fingerprint density at radius 2 is 1.64 bits per heavy atom. The number of nitrogens with one attached hydrogen (secondary N) is 2. The molecule has 1 heterocycles. The van der Waals surface area contributed by atoms with E-state index in [1.807, 2.05) is 48.5 Å². The molecule has 3 nitrogen and oxygen atoms in total. The molecule has 25 heavy (non-hydrogen) atoms. The van der Waals surface area contributed by atoms with E-state index in [2.05, 4.69) is 46.8 Å². The summed E-state index contributed by atoms with van der Waals surface area (Å²) < 4.78 is 0. The summed E-state index contributed by atoms with van der Waals surface area (Å²) in [6.07, 6.45) is 1.80. The molecule has 3 rings (SSSR count). The van der Waals surface area contributed by atoms with Crippen molar-refractivity contribution in [2.24, 2.45) is 0 Å². The highest BCUT2D eigenvalue weighted by Crippen LogP contribution is 2.26. The second kappa shape index (κ2) is 8.65. The minimum absolute atomic E-state index is 0.141. The summed E-state index contributed by atoms with van der Waals surface area (Å²) in [7, 11) is 0. The number of anilines is 1. The van der Waals surface area contributed by atoms with E-state index in [1.54, 1.807) is 18.0 Å². The van der Waals surface area contributed by atoms with Crippen molar-refractivity contribution in [3.63, 3.8) is 0 Å². The zero-order valence-electron chi connectivity index (χ0n) is 13.8. The summed E-state index contributed by atoms with van der Waals surface area (Å²) >= 11 is 7.03. The van der Waals surface area contributed by atoms with Crippen LogP contribution in [0.2, 0.25) is 0 Å². The predicted molar refractivity (Wildman–Crippen MR) is 109 cm³/mol. The van der Waals surface area contributed by atoms with Gasteiger partial charge >= 0.3 is 0 Å². The maximum Gasteiger partial charge on any atom is 0.171 e. The van der Waals surface area contributed by atoms with Crippen molar-refractivity contribution in [3.8, 4) is 0 Å². The van der Waals surface area contributed by atoms with Gasteiger partial charge in [0.2, 0.25) is 0 Å². The molecule has 1 aromatic heterocycles. The van der Waals surface area contributed by atoms with E-state index in [0.717, 1.165) is 10.7 Å². The Morgan fingerprint density at radius 3 is 2.28 bits per heavy atom. The molecular formula is C20H19N3S2. The third-order valence-electron chi connectivity index (χ3n) is 3.61. The Kier molecular flexibility index (Phi) is 6.04. The number of benzene rings is 2. The first-order valence-electron chi connectivity index (χ1n) is 8.02. The van der Waals surface area contributed by atoms with Crippen molar-refractivity contribution in [1.29, 1.82) is 0 Å². The molecule has 0 aliphatic heterocycles. The first-order chi connectivity index (χ1) is 12.2. The largest absolute Gasteiger partial charge is 0.356 e. The Morgan fingerprint density at radius 1 is 0.960 bits per heavy atom. The predicted octanol–water partition coefficient (Wildman–Crippen LogP) is 5.28. The lowest BCUT2D eigenvalue weighted by molar-refractivity contribution is 0.722. The maximum absolute atomic E-state index is 5.39. The highest BCUT2D eigenvalue weighted by molar-refractivity contribution is 7.99. The average molecular weight is 366 g/mol. The standard InChI is InChI=1S/C20H19N3S2/c1-15(16-8-4-2-5-9-16)22-20(24)23-17-12-13-19(21-14-17)25-18-10-6-3-7-11-18/h2-15H,1H3,(H2,22,23,24)/t15-/m0/s1. The van der Waals surface area contributed by atoms with Crippen LogP contribution in [0.3, 0.4) is 0 Å². The fourth-order valence-corrected chi connectivity index (χ4v) is 3.38. The van der Waals surface area contributed by atoms with E-state index in [9.17, 15) is 0 Å². The quantitative estimate of drug-likeness (QED) is 0.602. The number of rotatable bonds is 5. The van der Waals surface area contributed by atoms with Gasteiger partial charge in [0.05, 0.1) is 17.9 Å². The Bertz CT molecular complexity index is 805. The van der Waals surface area contributed by atoms with Crippen LogP contribution >= 0.6 is 24.0 Å². The number of aromatic nitrogens is 1. The molecule has 0 aliphatic carbocycles. The lowest BCUT2D eigenvalue weighted by atomic mass is 10.1. The van der Waals surface area contributed by atoms with Gasteiger partial charge in [0.25, 0.3) is 0 Å². The van der Waals surface area contributed by atoms with Crippen LogP contribution in [0.15, 0.2) is 88.9 Å². The van der Waals surface area contributed by atoms with Gasteiger partial charge in [0.1, 0.15) is 5.03 Å². The van der Waals surface area contributed by atoms with Gasteiger partial charge in [-0.1, -0.05) is 60.3 Å². The third kappa shape index (κ3) is 5.31. The van der Waals surface area contributed by atoms with E-state index >= 15 is 0 Å². The van der Waals surface area contributed by atoms with E-state index in [4.69, 9.17) is 12.2 Å². The second-order valence-electron chi connectivity index (χ2n) is 5.53. The smallest absolute Gasteiger partial charge is 0.171 e. The molecule has 3 aromatic rings. The molecule has 0 saturated heterocycles. The van der Waals surface area contributed by atoms with Crippen LogP contribution in [-0.4, -0.2) is 10.1 Å². The van der Waals surface area contributed by atoms with Crippen molar-refractivity contribution in [2.75, 3.05) is 5.32 Å². The third-order valence-corrected chi connectivity index (χ3v) is 4.79. The van der Waals surface area contributed by atoms with Crippen molar-refractivity contribution in [1.82, 2.24) is 10.3 Å². The van der Waals surface area contributed by atoms with Gasteiger partial charge in [-0.15, -0.1) is 0 Å². The molecule has 0 unspecified atom stereocenters. The van der Waals surface area contributed by atoms with E-state index < -0.39 is 0 Å². The molecule has 5 heteroatoms. The van der Waals surface area contributed by atoms with Gasteiger partial charge in [-0.05, 0) is 49.0 Å². The molecule has 0 fully saturated rings. The zero-order chi connectivity index (χ0) is 17.5. The van der Waals surface area contributed by atoms with Gasteiger partial charge in [-0.3, -0.25) is 0 Å². The van der Waals surface area contributed by atoms with Crippen LogP contribution < -0.4 is 10.6 Å². The molecule has 2 N–H and O–H groups in total. The normalized spacial score (nSPS) is 11.6. The van der Waals surface area contributed by atoms with E-state index in [0.29, 0.717) is 5.11 Å². The minimum Gasteiger partial charge on any atom is -0.356 e. The van der Waals surface area contributed by atoms with Crippen LogP contribution in [0, 0.1) is 0 Å². The second-order valence-corrected chi connectivity index (χ2v) is 7.03. The first kappa shape index (κ1) is 17.5. The zero-order valence-corrected chi connectivity index (χ0v) is 15.5. The molecular weight excluding hydrogens is 346 g/mol. The SMILES string of the molecule is C[C@H](NC(=S)Nc1ccc(Sc2ccccc2)nc1)c1ccccc1. The molecule has 0 bridgehead atoms. The van der Waals surface area contributed by atoms with Crippen LogP contribution in [0.25, 0.3) is 0 Å². The summed E-state index contributed by atoms with van der Waals surface area (Å²) in [5, 5.41) is 8.01. The van der Waals surface area contributed by atoms with Crippen LogP contribution in [0.1, 0.15) is 18.5 Å². The number of pyridine rings is 1. The Balaban J connectivity index is 1.55. The summed E-state index contributed by atoms with van der Waals surface area (Å²) in [6, 6.07) is 24.5. The lowest BCUT2D eigenvalue weighted by Crippen LogP contribution is -2.30. The van der Waals surface area contributed by atoms with Crippen molar-refractivity contribution in [2.45, 2.75) is 22.9 Å². The molecule has 0 amide bonds. The summed E-state index contributed by atoms with van der Waals surface area (Å²) in [4.78, 5) is 5.65. The lowest BCUT2D eigenvalue weighted by Gasteiger charge is -2.17. The topological polar surface area (TPSA) is 37.0 Å². The summed E-state index contributed by atoms with van der Waals surface area (Å²) in [5.41, 5.74) is 2.06. The number of hydrogen-bond donors (Lipinski definition) is 2. The molecule has 126 valence electrons. The molecule has 0 saturated carbocycles. The molecule has 2 aromatic carbocycles. The van der Waals surface area contributed by atoms with Crippen molar-refractivity contribution in [3.05, 3.63) is 84.6 Å². The molecule has 0 radical (unpaired) electrons. The van der Waals surface area contributed by atoms with E-state index in [1.165, 1.54) is 10.5 Å². The highest BCUT2D eigenvalue weighted by atomic mass is 32.2.